The standard InChI is InChI=1S/C11H21NO/c1-11(2,13)8-12-7-9-3-5-10(12)6-4-9/h9-10,13H,3-8H2,1-2H3. The van der Waals surface area contributed by atoms with Gasteiger partial charge in [0.2, 0.25) is 0 Å². The van der Waals surface area contributed by atoms with Crippen molar-refractivity contribution in [2.24, 2.45) is 5.92 Å². The molecule has 1 saturated carbocycles. The molecule has 2 aliphatic heterocycles. The molecule has 0 aromatic heterocycles. The zero-order valence-corrected chi connectivity index (χ0v) is 8.79. The summed E-state index contributed by atoms with van der Waals surface area (Å²) in [5, 5.41) is 9.76. The minimum absolute atomic E-state index is 0.516. The Morgan fingerprint density at radius 1 is 1.23 bits per heavy atom. The fraction of sp³-hybridized carbons (Fsp3) is 1.00. The Morgan fingerprint density at radius 3 is 2.23 bits per heavy atom. The van der Waals surface area contributed by atoms with E-state index in [4.69, 9.17) is 0 Å². The molecule has 2 bridgehead atoms. The van der Waals surface area contributed by atoms with Crippen LogP contribution in [0.1, 0.15) is 39.5 Å². The van der Waals surface area contributed by atoms with Gasteiger partial charge in [0, 0.05) is 19.1 Å². The molecule has 2 nitrogen and oxygen atoms in total. The maximum atomic E-state index is 9.76. The summed E-state index contributed by atoms with van der Waals surface area (Å²) in [5.41, 5.74) is -0.516. The van der Waals surface area contributed by atoms with Gasteiger partial charge in [0.1, 0.15) is 0 Å². The molecule has 3 fully saturated rings. The van der Waals surface area contributed by atoms with Crippen LogP contribution in [0, 0.1) is 5.92 Å². The van der Waals surface area contributed by atoms with E-state index in [9.17, 15) is 5.11 Å². The highest BCUT2D eigenvalue weighted by molar-refractivity contribution is 4.90. The van der Waals surface area contributed by atoms with Crippen LogP contribution in [0.25, 0.3) is 0 Å². The molecular formula is C11H21NO. The minimum Gasteiger partial charge on any atom is -0.389 e. The van der Waals surface area contributed by atoms with Gasteiger partial charge in [-0.25, -0.2) is 0 Å². The summed E-state index contributed by atoms with van der Waals surface area (Å²) < 4.78 is 0. The maximum absolute atomic E-state index is 9.76. The molecule has 3 aliphatic rings. The lowest BCUT2D eigenvalue weighted by Crippen LogP contribution is -2.52. The fourth-order valence-electron chi connectivity index (χ4n) is 2.86. The van der Waals surface area contributed by atoms with Gasteiger partial charge in [0.15, 0.2) is 0 Å². The molecule has 1 aliphatic carbocycles. The van der Waals surface area contributed by atoms with Crippen LogP contribution in [0.5, 0.6) is 0 Å². The lowest BCUT2D eigenvalue weighted by molar-refractivity contribution is -0.0242. The monoisotopic (exact) mass is 183 g/mol. The van der Waals surface area contributed by atoms with Gasteiger partial charge in [-0.2, -0.15) is 0 Å². The summed E-state index contributed by atoms with van der Waals surface area (Å²) in [4.78, 5) is 2.50. The molecule has 0 unspecified atom stereocenters. The molecule has 2 heteroatoms. The van der Waals surface area contributed by atoms with Crippen LogP contribution in [-0.4, -0.2) is 34.7 Å². The number of rotatable bonds is 2. The molecule has 2 saturated heterocycles. The third kappa shape index (κ3) is 2.23. The predicted molar refractivity (Wildman–Crippen MR) is 53.6 cm³/mol. The summed E-state index contributed by atoms with van der Waals surface area (Å²) in [5.74, 6) is 0.923. The molecule has 0 atom stereocenters. The molecule has 0 radical (unpaired) electrons. The van der Waals surface area contributed by atoms with Crippen LogP contribution >= 0.6 is 0 Å². The van der Waals surface area contributed by atoms with Crippen LogP contribution in [0.15, 0.2) is 0 Å². The lowest BCUT2D eigenvalue weighted by Gasteiger charge is -2.47. The summed E-state index contributed by atoms with van der Waals surface area (Å²) in [7, 11) is 0. The zero-order valence-electron chi connectivity index (χ0n) is 8.79. The van der Waals surface area contributed by atoms with Crippen molar-refractivity contribution in [2.45, 2.75) is 51.2 Å². The minimum atomic E-state index is -0.516. The molecular weight excluding hydrogens is 162 g/mol. The number of hydrogen-bond acceptors (Lipinski definition) is 2. The van der Waals surface area contributed by atoms with E-state index in [0.717, 1.165) is 18.5 Å². The molecule has 0 aromatic rings. The lowest BCUT2D eigenvalue weighted by atomic mass is 9.79. The van der Waals surface area contributed by atoms with Crippen molar-refractivity contribution in [3.8, 4) is 0 Å². The molecule has 76 valence electrons. The van der Waals surface area contributed by atoms with Crippen molar-refractivity contribution in [2.75, 3.05) is 13.1 Å². The van der Waals surface area contributed by atoms with E-state index in [1.165, 1.54) is 32.2 Å². The van der Waals surface area contributed by atoms with Gasteiger partial charge < -0.3 is 5.11 Å². The summed E-state index contributed by atoms with van der Waals surface area (Å²) in [6, 6.07) is 0.774. The first-order valence-corrected chi connectivity index (χ1v) is 5.51. The second-order valence-electron chi connectivity index (χ2n) is 5.42. The molecule has 0 spiro atoms. The zero-order chi connectivity index (χ0) is 9.47. The Kier molecular flexibility index (Phi) is 2.37. The molecule has 0 amide bonds. The van der Waals surface area contributed by atoms with Gasteiger partial charge >= 0.3 is 0 Å². The van der Waals surface area contributed by atoms with Gasteiger partial charge in [0.25, 0.3) is 0 Å². The largest absolute Gasteiger partial charge is 0.389 e. The van der Waals surface area contributed by atoms with Crippen LogP contribution in [0.4, 0.5) is 0 Å². The van der Waals surface area contributed by atoms with Crippen molar-refractivity contribution in [1.29, 1.82) is 0 Å². The highest BCUT2D eigenvalue weighted by atomic mass is 16.3. The molecule has 0 aromatic carbocycles. The van der Waals surface area contributed by atoms with Crippen molar-refractivity contribution >= 4 is 0 Å². The van der Waals surface area contributed by atoms with Gasteiger partial charge in [0.05, 0.1) is 5.60 Å². The Bertz CT molecular complexity index is 177. The van der Waals surface area contributed by atoms with Crippen molar-refractivity contribution in [3.63, 3.8) is 0 Å². The normalized spacial score (nSPS) is 35.3. The van der Waals surface area contributed by atoms with E-state index in [-0.39, 0.29) is 0 Å². The number of hydrogen-bond donors (Lipinski definition) is 1. The van der Waals surface area contributed by atoms with Gasteiger partial charge in [-0.1, -0.05) is 0 Å². The number of piperidine rings is 2. The van der Waals surface area contributed by atoms with Gasteiger partial charge in [-0.15, -0.1) is 0 Å². The summed E-state index contributed by atoms with van der Waals surface area (Å²) in [6.07, 6.45) is 5.57. The van der Waals surface area contributed by atoms with Crippen molar-refractivity contribution in [1.82, 2.24) is 4.90 Å². The Morgan fingerprint density at radius 2 is 1.85 bits per heavy atom. The van der Waals surface area contributed by atoms with Gasteiger partial charge in [-0.05, 0) is 45.4 Å². The first-order valence-electron chi connectivity index (χ1n) is 5.51. The second kappa shape index (κ2) is 3.25. The van der Waals surface area contributed by atoms with E-state index in [1.54, 1.807) is 0 Å². The number of aliphatic hydroxyl groups is 1. The second-order valence-corrected chi connectivity index (χ2v) is 5.42. The third-order valence-corrected chi connectivity index (χ3v) is 3.42. The van der Waals surface area contributed by atoms with E-state index in [0.29, 0.717) is 0 Å². The smallest absolute Gasteiger partial charge is 0.0718 e. The topological polar surface area (TPSA) is 23.5 Å². The van der Waals surface area contributed by atoms with Crippen molar-refractivity contribution < 1.29 is 5.11 Å². The SMILES string of the molecule is CC(C)(O)CN1CC2CCC1CC2. The summed E-state index contributed by atoms with van der Waals surface area (Å²) >= 11 is 0. The highest BCUT2D eigenvalue weighted by Gasteiger charge is 2.35. The van der Waals surface area contributed by atoms with Crippen LogP contribution in [-0.2, 0) is 0 Å². The maximum Gasteiger partial charge on any atom is 0.0718 e. The molecule has 2 heterocycles. The first-order chi connectivity index (χ1) is 6.04. The number of nitrogens with zero attached hydrogens (tertiary/aromatic N) is 1. The van der Waals surface area contributed by atoms with Crippen LogP contribution in [0.2, 0.25) is 0 Å². The predicted octanol–water partition coefficient (Wildman–Crippen LogP) is 1.63. The summed E-state index contributed by atoms with van der Waals surface area (Å²) in [6.45, 7) is 5.91. The first kappa shape index (κ1) is 9.47. The van der Waals surface area contributed by atoms with Crippen LogP contribution < -0.4 is 0 Å². The van der Waals surface area contributed by atoms with E-state index in [1.807, 2.05) is 13.8 Å². The average Bonchev–Trinajstić information content (AvgIpc) is 2.03. The van der Waals surface area contributed by atoms with E-state index >= 15 is 0 Å². The number of fused-ring (bicyclic) bond motifs is 3. The third-order valence-electron chi connectivity index (χ3n) is 3.42. The van der Waals surface area contributed by atoms with Crippen molar-refractivity contribution in [3.05, 3.63) is 0 Å². The quantitative estimate of drug-likeness (QED) is 0.703. The van der Waals surface area contributed by atoms with E-state index < -0.39 is 5.60 Å². The highest BCUT2D eigenvalue weighted by Crippen LogP contribution is 2.35. The van der Waals surface area contributed by atoms with Gasteiger partial charge in [-0.3, -0.25) is 4.90 Å². The Labute approximate surface area is 80.9 Å². The average molecular weight is 183 g/mol. The fourth-order valence-corrected chi connectivity index (χ4v) is 2.86. The van der Waals surface area contributed by atoms with E-state index in [2.05, 4.69) is 4.90 Å². The molecule has 13 heavy (non-hydrogen) atoms. The molecule has 3 rings (SSSR count). The Balaban J connectivity index is 1.94. The molecule has 1 N–H and O–H groups in total. The van der Waals surface area contributed by atoms with Crippen LogP contribution in [0.3, 0.4) is 0 Å². The Hall–Kier alpha value is -0.0800.